The summed E-state index contributed by atoms with van der Waals surface area (Å²) in [5, 5.41) is 13.7. The second kappa shape index (κ2) is 6.21. The summed E-state index contributed by atoms with van der Waals surface area (Å²) in [6, 6.07) is 9.46. The van der Waals surface area contributed by atoms with Crippen molar-refractivity contribution in [3.63, 3.8) is 0 Å². The zero-order valence-corrected chi connectivity index (χ0v) is 11.7. The maximum absolute atomic E-state index is 13.2. The number of nitro groups is 1. The molecular weight excluding hydrogens is 275 g/mol. The number of methoxy groups -OCH3 is 1. The van der Waals surface area contributed by atoms with E-state index in [4.69, 9.17) is 4.74 Å². The van der Waals surface area contributed by atoms with Crippen molar-refractivity contribution in [2.75, 3.05) is 12.4 Å². The number of nitro benzene ring substituents is 1. The highest BCUT2D eigenvalue weighted by Crippen LogP contribution is 2.23. The predicted molar refractivity (Wildman–Crippen MR) is 78.1 cm³/mol. The van der Waals surface area contributed by atoms with Crippen molar-refractivity contribution in [3.8, 4) is 5.75 Å². The minimum atomic E-state index is -0.842. The molecule has 0 aliphatic carbocycles. The van der Waals surface area contributed by atoms with E-state index in [-0.39, 0.29) is 0 Å². The van der Waals surface area contributed by atoms with E-state index in [0.29, 0.717) is 12.2 Å². The molecule has 6 heteroatoms. The maximum atomic E-state index is 13.2. The van der Waals surface area contributed by atoms with E-state index in [2.05, 4.69) is 5.32 Å². The van der Waals surface area contributed by atoms with E-state index in [0.717, 1.165) is 22.9 Å². The summed E-state index contributed by atoms with van der Waals surface area (Å²) in [5.74, 6) is -0.0398. The quantitative estimate of drug-likeness (QED) is 0.674. The van der Waals surface area contributed by atoms with Crippen LogP contribution in [0.2, 0.25) is 0 Å². The number of aryl methyl sites for hydroxylation is 1. The molecule has 21 heavy (non-hydrogen) atoms. The zero-order valence-electron chi connectivity index (χ0n) is 11.7. The highest BCUT2D eigenvalue weighted by Gasteiger charge is 2.14. The van der Waals surface area contributed by atoms with Gasteiger partial charge in [-0.2, -0.15) is 4.39 Å². The van der Waals surface area contributed by atoms with Gasteiger partial charge in [0, 0.05) is 18.3 Å². The van der Waals surface area contributed by atoms with E-state index in [9.17, 15) is 14.5 Å². The Bertz CT molecular complexity index is 674. The maximum Gasteiger partial charge on any atom is 0.306 e. The van der Waals surface area contributed by atoms with Crippen molar-refractivity contribution in [1.29, 1.82) is 0 Å². The lowest BCUT2D eigenvalue weighted by Crippen LogP contribution is -2.01. The fourth-order valence-electron chi connectivity index (χ4n) is 2.02. The average molecular weight is 290 g/mol. The summed E-state index contributed by atoms with van der Waals surface area (Å²) in [6.45, 7) is 2.42. The van der Waals surface area contributed by atoms with Crippen molar-refractivity contribution >= 4 is 11.4 Å². The standard InChI is InChI=1S/C15H15FN2O3/c1-10-7-11(3-6-15(10)21-2)9-17-12-4-5-13(16)14(8-12)18(19)20/h3-8,17H,9H2,1-2H3. The molecule has 5 nitrogen and oxygen atoms in total. The van der Waals surface area contributed by atoms with Crippen molar-refractivity contribution in [3.05, 3.63) is 63.5 Å². The number of rotatable bonds is 5. The summed E-state index contributed by atoms with van der Waals surface area (Å²) < 4.78 is 18.4. The molecule has 1 N–H and O–H groups in total. The SMILES string of the molecule is COc1ccc(CNc2ccc(F)c([N+](=O)[O-])c2)cc1C. The van der Waals surface area contributed by atoms with Crippen LogP contribution in [0, 0.1) is 22.9 Å². The van der Waals surface area contributed by atoms with Gasteiger partial charge in [0.2, 0.25) is 5.82 Å². The van der Waals surface area contributed by atoms with Crippen LogP contribution >= 0.6 is 0 Å². The van der Waals surface area contributed by atoms with Crippen molar-refractivity contribution in [2.24, 2.45) is 0 Å². The van der Waals surface area contributed by atoms with Crippen LogP contribution < -0.4 is 10.1 Å². The van der Waals surface area contributed by atoms with Gasteiger partial charge in [-0.1, -0.05) is 12.1 Å². The summed E-state index contributed by atoms with van der Waals surface area (Å²) in [7, 11) is 1.61. The van der Waals surface area contributed by atoms with Gasteiger partial charge in [0.25, 0.3) is 0 Å². The molecule has 0 atom stereocenters. The molecule has 0 radical (unpaired) electrons. The smallest absolute Gasteiger partial charge is 0.306 e. The predicted octanol–water partition coefficient (Wildman–Crippen LogP) is 3.66. The first-order valence-corrected chi connectivity index (χ1v) is 6.32. The van der Waals surface area contributed by atoms with Gasteiger partial charge in [0.15, 0.2) is 0 Å². The van der Waals surface area contributed by atoms with E-state index in [1.807, 2.05) is 25.1 Å². The van der Waals surface area contributed by atoms with Crippen LogP contribution in [0.15, 0.2) is 36.4 Å². The van der Waals surface area contributed by atoms with Crippen LogP contribution in [-0.4, -0.2) is 12.0 Å². The Morgan fingerprint density at radius 2 is 2.05 bits per heavy atom. The van der Waals surface area contributed by atoms with Crippen molar-refractivity contribution in [2.45, 2.75) is 13.5 Å². The van der Waals surface area contributed by atoms with Gasteiger partial charge < -0.3 is 10.1 Å². The zero-order chi connectivity index (χ0) is 15.4. The van der Waals surface area contributed by atoms with Gasteiger partial charge in [-0.05, 0) is 36.2 Å². The molecule has 2 aromatic carbocycles. The average Bonchev–Trinajstić information content (AvgIpc) is 2.46. The molecule has 0 saturated carbocycles. The van der Waals surface area contributed by atoms with E-state index in [1.165, 1.54) is 12.1 Å². The molecule has 0 amide bonds. The molecule has 0 bridgehead atoms. The fraction of sp³-hybridized carbons (Fsp3) is 0.200. The Morgan fingerprint density at radius 3 is 2.67 bits per heavy atom. The largest absolute Gasteiger partial charge is 0.496 e. The van der Waals surface area contributed by atoms with Crippen LogP contribution in [-0.2, 0) is 6.54 Å². The Kier molecular flexibility index (Phi) is 4.37. The van der Waals surface area contributed by atoms with Crippen LogP contribution in [0.25, 0.3) is 0 Å². The second-order valence-electron chi connectivity index (χ2n) is 4.58. The number of nitrogens with one attached hydrogen (secondary N) is 1. The lowest BCUT2D eigenvalue weighted by Gasteiger charge is -2.09. The summed E-state index contributed by atoms with van der Waals surface area (Å²) in [5.41, 5.74) is 1.96. The Balaban J connectivity index is 2.11. The lowest BCUT2D eigenvalue weighted by atomic mass is 10.1. The van der Waals surface area contributed by atoms with E-state index < -0.39 is 16.4 Å². The number of benzene rings is 2. The third kappa shape index (κ3) is 3.47. The Morgan fingerprint density at radius 1 is 1.29 bits per heavy atom. The lowest BCUT2D eigenvalue weighted by molar-refractivity contribution is -0.387. The molecule has 0 spiro atoms. The molecule has 0 aliphatic rings. The van der Waals surface area contributed by atoms with Crippen molar-refractivity contribution in [1.82, 2.24) is 0 Å². The number of ether oxygens (including phenoxy) is 1. The first-order valence-electron chi connectivity index (χ1n) is 6.32. The molecule has 0 aromatic heterocycles. The van der Waals surface area contributed by atoms with Gasteiger partial charge in [-0.25, -0.2) is 0 Å². The first kappa shape index (κ1) is 14.8. The van der Waals surface area contributed by atoms with Crippen LogP contribution in [0.5, 0.6) is 5.75 Å². The minimum absolute atomic E-state index is 0.480. The van der Waals surface area contributed by atoms with E-state index in [1.54, 1.807) is 7.11 Å². The first-order chi connectivity index (χ1) is 10.0. The third-order valence-corrected chi connectivity index (χ3v) is 3.10. The molecule has 2 rings (SSSR count). The topological polar surface area (TPSA) is 64.4 Å². The molecule has 2 aromatic rings. The van der Waals surface area contributed by atoms with Crippen LogP contribution in [0.1, 0.15) is 11.1 Å². The molecular formula is C15H15FN2O3. The molecule has 0 fully saturated rings. The normalized spacial score (nSPS) is 10.2. The van der Waals surface area contributed by atoms with Gasteiger partial charge >= 0.3 is 5.69 Å². The summed E-state index contributed by atoms with van der Waals surface area (Å²) >= 11 is 0. The summed E-state index contributed by atoms with van der Waals surface area (Å²) in [4.78, 5) is 9.95. The monoisotopic (exact) mass is 290 g/mol. The van der Waals surface area contributed by atoms with Gasteiger partial charge in [0.05, 0.1) is 12.0 Å². The Labute approximate surface area is 121 Å². The van der Waals surface area contributed by atoms with Crippen molar-refractivity contribution < 1.29 is 14.1 Å². The fourth-order valence-corrected chi connectivity index (χ4v) is 2.02. The molecule has 0 unspecified atom stereocenters. The number of hydrogen-bond donors (Lipinski definition) is 1. The van der Waals surface area contributed by atoms with Gasteiger partial charge in [-0.3, -0.25) is 10.1 Å². The number of nitrogens with zero attached hydrogens (tertiary/aromatic N) is 1. The highest BCUT2D eigenvalue weighted by atomic mass is 19.1. The minimum Gasteiger partial charge on any atom is -0.496 e. The number of halogens is 1. The van der Waals surface area contributed by atoms with Crippen LogP contribution in [0.3, 0.4) is 0 Å². The second-order valence-corrected chi connectivity index (χ2v) is 4.58. The van der Waals surface area contributed by atoms with Gasteiger partial charge in [0.1, 0.15) is 5.75 Å². The highest BCUT2D eigenvalue weighted by molar-refractivity contribution is 5.52. The third-order valence-electron chi connectivity index (χ3n) is 3.10. The number of hydrogen-bond acceptors (Lipinski definition) is 4. The molecule has 110 valence electrons. The van der Waals surface area contributed by atoms with E-state index >= 15 is 0 Å². The number of anilines is 1. The Hall–Kier alpha value is -2.63. The molecule has 0 heterocycles. The molecule has 0 aliphatic heterocycles. The summed E-state index contributed by atoms with van der Waals surface area (Å²) in [6.07, 6.45) is 0. The van der Waals surface area contributed by atoms with Gasteiger partial charge in [-0.15, -0.1) is 0 Å². The van der Waals surface area contributed by atoms with Crippen LogP contribution in [0.4, 0.5) is 15.8 Å². The molecule has 0 saturated heterocycles.